The zero-order chi connectivity index (χ0) is 17.4. The quantitative estimate of drug-likeness (QED) is 0.621. The highest BCUT2D eigenvalue weighted by Crippen LogP contribution is 2.23. The van der Waals surface area contributed by atoms with Crippen LogP contribution < -0.4 is 10.2 Å². The van der Waals surface area contributed by atoms with Crippen molar-refractivity contribution in [1.82, 2.24) is 15.2 Å². The molecule has 1 aromatic carbocycles. The summed E-state index contributed by atoms with van der Waals surface area (Å²) in [6.07, 6.45) is 0.881. The Bertz CT molecular complexity index is 787. The molecule has 2 rings (SSSR count). The van der Waals surface area contributed by atoms with Crippen LogP contribution in [0.4, 0.5) is 0 Å². The number of hydrazone groups is 1. The Morgan fingerprint density at radius 1 is 1.30 bits per heavy atom. The molecular formula is C13H16N4O5S. The van der Waals surface area contributed by atoms with Gasteiger partial charge in [0.15, 0.2) is 5.54 Å². The molecule has 23 heavy (non-hydrogen) atoms. The molecule has 0 saturated carbocycles. The van der Waals surface area contributed by atoms with E-state index in [1.54, 1.807) is 0 Å². The number of nitrogens with zero attached hydrogens (tertiary/aromatic N) is 2. The van der Waals surface area contributed by atoms with Crippen molar-refractivity contribution >= 4 is 27.5 Å². The molecule has 1 aliphatic rings. The van der Waals surface area contributed by atoms with E-state index in [0.29, 0.717) is 5.56 Å². The van der Waals surface area contributed by atoms with Gasteiger partial charge in [-0.15, -0.1) is 0 Å². The molecule has 0 aromatic heterocycles. The fraction of sp³-hybridized carbons (Fsp3) is 0.308. The number of carbonyl (C=O) groups is 2. The van der Waals surface area contributed by atoms with E-state index in [0.717, 1.165) is 11.3 Å². The third-order valence-corrected chi connectivity index (χ3v) is 3.92. The van der Waals surface area contributed by atoms with Crippen molar-refractivity contribution in [2.75, 3.05) is 13.3 Å². The number of benzene rings is 1. The average molecular weight is 340 g/mol. The van der Waals surface area contributed by atoms with Crippen LogP contribution in [0.2, 0.25) is 0 Å². The summed E-state index contributed by atoms with van der Waals surface area (Å²) in [7, 11) is -2.19. The minimum Gasteiger partial charge on any atom is -0.315 e. The first kappa shape index (κ1) is 17.1. The highest BCUT2D eigenvalue weighted by Gasteiger charge is 2.46. The number of hydrogen-bond donors (Lipinski definition) is 3. The van der Waals surface area contributed by atoms with E-state index < -0.39 is 27.4 Å². The van der Waals surface area contributed by atoms with Gasteiger partial charge in [-0.05, 0) is 19.1 Å². The molecule has 1 aromatic rings. The predicted octanol–water partition coefficient (Wildman–Crippen LogP) is -0.710. The highest BCUT2D eigenvalue weighted by molar-refractivity contribution is 7.89. The van der Waals surface area contributed by atoms with Gasteiger partial charge >= 0.3 is 0 Å². The summed E-state index contributed by atoms with van der Waals surface area (Å²) in [5, 5.41) is 14.5. The van der Waals surface area contributed by atoms with Crippen molar-refractivity contribution in [3.05, 3.63) is 35.4 Å². The molecule has 124 valence electrons. The Morgan fingerprint density at radius 2 is 1.87 bits per heavy atom. The van der Waals surface area contributed by atoms with E-state index in [1.165, 1.54) is 38.2 Å². The molecule has 0 aliphatic carbocycles. The Labute approximate surface area is 133 Å². The molecular weight excluding hydrogens is 324 g/mol. The van der Waals surface area contributed by atoms with E-state index in [1.807, 2.05) is 10.2 Å². The SMILES string of the molecule is CN1N=C(c2ccc(C(=O)NS(C)(=O)=O)cc2)C(C)(NO)C1=O. The minimum atomic E-state index is -3.65. The molecule has 2 amide bonds. The topological polar surface area (TPSA) is 128 Å². The van der Waals surface area contributed by atoms with Crippen LogP contribution in [-0.4, -0.2) is 55.0 Å². The lowest BCUT2D eigenvalue weighted by atomic mass is 9.91. The van der Waals surface area contributed by atoms with Crippen LogP contribution in [0, 0.1) is 0 Å². The van der Waals surface area contributed by atoms with E-state index in [-0.39, 0.29) is 11.3 Å². The minimum absolute atomic E-state index is 0.135. The highest BCUT2D eigenvalue weighted by atomic mass is 32.2. The second kappa shape index (κ2) is 5.72. The van der Waals surface area contributed by atoms with Crippen molar-refractivity contribution in [2.24, 2.45) is 5.10 Å². The predicted molar refractivity (Wildman–Crippen MR) is 81.4 cm³/mol. The van der Waals surface area contributed by atoms with Crippen molar-refractivity contribution in [2.45, 2.75) is 12.5 Å². The van der Waals surface area contributed by atoms with Crippen molar-refractivity contribution in [3.63, 3.8) is 0 Å². The molecule has 0 bridgehead atoms. The van der Waals surface area contributed by atoms with E-state index in [2.05, 4.69) is 5.10 Å². The number of amides is 2. The van der Waals surface area contributed by atoms with Crippen LogP contribution in [0.5, 0.6) is 0 Å². The van der Waals surface area contributed by atoms with Gasteiger partial charge in [0.05, 0.1) is 12.0 Å². The lowest BCUT2D eigenvalue weighted by molar-refractivity contribution is -0.134. The van der Waals surface area contributed by atoms with Crippen LogP contribution in [-0.2, 0) is 14.8 Å². The molecule has 0 radical (unpaired) electrons. The van der Waals surface area contributed by atoms with Gasteiger partial charge in [0.2, 0.25) is 10.0 Å². The molecule has 9 nitrogen and oxygen atoms in total. The van der Waals surface area contributed by atoms with Gasteiger partial charge < -0.3 is 5.21 Å². The van der Waals surface area contributed by atoms with Gasteiger partial charge in [-0.25, -0.2) is 18.1 Å². The standard InChI is InChI=1S/C13H16N4O5S/c1-13(16-20)10(14-17(2)12(13)19)8-4-6-9(7-5-8)11(18)15-23(3,21)22/h4-7,16,20H,1-3H3,(H,15,18). The summed E-state index contributed by atoms with van der Waals surface area (Å²) in [6.45, 7) is 1.47. The first-order valence-corrected chi connectivity index (χ1v) is 8.38. The van der Waals surface area contributed by atoms with Crippen LogP contribution in [0.25, 0.3) is 0 Å². The Balaban J connectivity index is 2.32. The number of likely N-dealkylation sites (N-methyl/N-ethyl adjacent to an activating group) is 1. The molecule has 3 N–H and O–H groups in total. The first-order valence-electron chi connectivity index (χ1n) is 6.49. The second-order valence-corrected chi connectivity index (χ2v) is 7.04. The third-order valence-electron chi connectivity index (χ3n) is 3.37. The van der Waals surface area contributed by atoms with Gasteiger partial charge in [0, 0.05) is 18.2 Å². The Kier molecular flexibility index (Phi) is 4.24. The number of sulfonamides is 1. The lowest BCUT2D eigenvalue weighted by Gasteiger charge is -2.21. The largest absolute Gasteiger partial charge is 0.315 e. The fourth-order valence-corrected chi connectivity index (χ4v) is 2.63. The molecule has 10 heteroatoms. The maximum atomic E-state index is 12.0. The van der Waals surface area contributed by atoms with Crippen LogP contribution in [0.15, 0.2) is 29.4 Å². The molecule has 0 saturated heterocycles. The molecule has 1 unspecified atom stereocenters. The molecule has 1 atom stereocenters. The number of nitrogens with one attached hydrogen (secondary N) is 2. The summed E-state index contributed by atoms with van der Waals surface area (Å²) >= 11 is 0. The van der Waals surface area contributed by atoms with Gasteiger partial charge in [0.25, 0.3) is 11.8 Å². The average Bonchev–Trinajstić information content (AvgIpc) is 2.71. The number of hydroxylamine groups is 1. The van der Waals surface area contributed by atoms with Crippen LogP contribution >= 0.6 is 0 Å². The van der Waals surface area contributed by atoms with Gasteiger partial charge in [-0.2, -0.15) is 10.6 Å². The van der Waals surface area contributed by atoms with Crippen molar-refractivity contribution in [3.8, 4) is 0 Å². The summed E-state index contributed by atoms with van der Waals surface area (Å²) in [4.78, 5) is 23.8. The van der Waals surface area contributed by atoms with Gasteiger partial charge in [-0.3, -0.25) is 9.59 Å². The zero-order valence-corrected chi connectivity index (χ0v) is 13.5. The van der Waals surface area contributed by atoms with E-state index in [9.17, 15) is 23.2 Å². The molecule has 1 heterocycles. The first-order chi connectivity index (χ1) is 10.6. The summed E-state index contributed by atoms with van der Waals surface area (Å²) in [6, 6.07) is 5.83. The second-order valence-electron chi connectivity index (χ2n) is 5.29. The maximum Gasteiger partial charge on any atom is 0.270 e. The van der Waals surface area contributed by atoms with E-state index >= 15 is 0 Å². The zero-order valence-electron chi connectivity index (χ0n) is 12.7. The Morgan fingerprint density at radius 3 is 2.35 bits per heavy atom. The van der Waals surface area contributed by atoms with Crippen LogP contribution in [0.1, 0.15) is 22.8 Å². The number of hydrogen-bond acceptors (Lipinski definition) is 7. The normalized spacial score (nSPS) is 21.3. The van der Waals surface area contributed by atoms with Gasteiger partial charge in [-0.1, -0.05) is 12.1 Å². The fourth-order valence-electron chi connectivity index (χ4n) is 2.17. The third kappa shape index (κ3) is 3.23. The molecule has 0 fully saturated rings. The maximum absolute atomic E-state index is 12.0. The monoisotopic (exact) mass is 340 g/mol. The summed E-state index contributed by atoms with van der Waals surface area (Å²) in [5.74, 6) is -1.20. The lowest BCUT2D eigenvalue weighted by Crippen LogP contribution is -2.53. The molecule has 0 spiro atoms. The molecule has 1 aliphatic heterocycles. The van der Waals surface area contributed by atoms with Gasteiger partial charge in [0.1, 0.15) is 0 Å². The summed E-state index contributed by atoms with van der Waals surface area (Å²) < 4.78 is 24.0. The number of rotatable bonds is 4. The summed E-state index contributed by atoms with van der Waals surface area (Å²) in [5.41, 5.74) is 1.48. The van der Waals surface area contributed by atoms with E-state index in [4.69, 9.17) is 0 Å². The number of carbonyl (C=O) groups excluding carboxylic acids is 2. The Hall–Kier alpha value is -2.30. The van der Waals surface area contributed by atoms with Crippen LogP contribution in [0.3, 0.4) is 0 Å². The van der Waals surface area contributed by atoms with Crippen molar-refractivity contribution < 1.29 is 23.2 Å². The smallest absolute Gasteiger partial charge is 0.270 e. The van der Waals surface area contributed by atoms with Crippen molar-refractivity contribution in [1.29, 1.82) is 0 Å².